The molecule has 56 heavy (non-hydrogen) atoms. The quantitative estimate of drug-likeness (QED) is 0.174. The Kier molecular flexibility index (Phi) is 5.89. The Morgan fingerprint density at radius 1 is 0.304 bits per heavy atom. The molecule has 10 aromatic rings. The number of hydrogen-bond donors (Lipinski definition) is 0. The van der Waals surface area contributed by atoms with Crippen molar-refractivity contribution in [3.05, 3.63) is 216 Å². The second-order valence-electron chi connectivity index (χ2n) is 15.5. The van der Waals surface area contributed by atoms with Gasteiger partial charge in [-0.25, -0.2) is 0 Å². The fraction of sp³-hybridized carbons (Fsp3) is 0.0182. The molecule has 2 aliphatic carbocycles. The lowest BCUT2D eigenvalue weighted by atomic mass is 9.69. The van der Waals surface area contributed by atoms with Crippen molar-refractivity contribution >= 4 is 32.3 Å². The van der Waals surface area contributed by atoms with Crippen LogP contribution in [0.3, 0.4) is 0 Å². The zero-order valence-electron chi connectivity index (χ0n) is 30.4. The minimum absolute atomic E-state index is 0.502. The molecule has 1 spiro atoms. The van der Waals surface area contributed by atoms with Crippen LogP contribution in [0.4, 0.5) is 0 Å². The smallest absolute Gasteiger partial charge is 0.135 e. The van der Waals surface area contributed by atoms with Gasteiger partial charge in [-0.05, 0) is 142 Å². The molecule has 0 saturated carbocycles. The van der Waals surface area contributed by atoms with Crippen LogP contribution in [0, 0.1) is 0 Å². The molecule has 1 aliphatic heterocycles. The highest BCUT2D eigenvalue weighted by Crippen LogP contribution is 2.65. The van der Waals surface area contributed by atoms with Crippen LogP contribution < -0.4 is 4.74 Å². The van der Waals surface area contributed by atoms with E-state index in [-0.39, 0.29) is 0 Å². The molecule has 10 aromatic carbocycles. The van der Waals surface area contributed by atoms with E-state index >= 15 is 0 Å². The van der Waals surface area contributed by atoms with Crippen molar-refractivity contribution in [2.45, 2.75) is 5.41 Å². The maximum Gasteiger partial charge on any atom is 0.135 e. The van der Waals surface area contributed by atoms with Crippen LogP contribution in [0.5, 0.6) is 11.5 Å². The molecule has 13 rings (SSSR count). The molecule has 0 amide bonds. The van der Waals surface area contributed by atoms with Gasteiger partial charge in [-0.3, -0.25) is 0 Å². The summed E-state index contributed by atoms with van der Waals surface area (Å²) in [5, 5.41) is 7.36. The number of para-hydroxylation sites is 1. The Hall–Kier alpha value is -7.22. The standard InChI is InChI=1S/C55H32O/c1-2-13-34-28-37(25-24-33(34)12-1)45-30-38(39-26-27-52-54-43(39)19-11-20-44(54)42-18-7-10-23-51(42)56-52)32-50-53(45)46-29-35-14-3-4-15-36(35)31-49(46)55(50)47-21-8-5-16-40(47)41-17-6-9-22-48(41)55/h1-32H. The second kappa shape index (κ2) is 10.9. The van der Waals surface area contributed by atoms with Gasteiger partial charge in [-0.1, -0.05) is 152 Å². The molecule has 0 atom stereocenters. The molecule has 1 nitrogen and oxygen atoms in total. The fourth-order valence-electron chi connectivity index (χ4n) is 10.5. The molecule has 0 radical (unpaired) electrons. The van der Waals surface area contributed by atoms with E-state index in [2.05, 4.69) is 188 Å². The topological polar surface area (TPSA) is 9.23 Å². The molecule has 258 valence electrons. The SMILES string of the molecule is c1ccc2c(c1)Oc1ccc(-c3cc(-c4ccc5ccccc5c4)c4c(c3)C3(c5ccccc5-c5ccccc53)c3cc5ccccc5cc3-4)c3cccc-2c13. The van der Waals surface area contributed by atoms with Gasteiger partial charge in [0.05, 0.1) is 5.41 Å². The lowest BCUT2D eigenvalue weighted by Crippen LogP contribution is -2.26. The average Bonchev–Trinajstić information content (AvgIpc) is 3.72. The van der Waals surface area contributed by atoms with Crippen LogP contribution in [0.25, 0.3) is 88.0 Å². The predicted molar refractivity (Wildman–Crippen MR) is 232 cm³/mol. The highest BCUT2D eigenvalue weighted by Gasteiger charge is 2.52. The first kappa shape index (κ1) is 30.1. The van der Waals surface area contributed by atoms with Crippen molar-refractivity contribution in [2.75, 3.05) is 0 Å². The second-order valence-corrected chi connectivity index (χ2v) is 15.5. The average molecular weight is 709 g/mol. The minimum atomic E-state index is -0.502. The molecular formula is C55H32O. The van der Waals surface area contributed by atoms with E-state index in [4.69, 9.17) is 4.74 Å². The van der Waals surface area contributed by atoms with Crippen LogP contribution in [0.1, 0.15) is 22.3 Å². The van der Waals surface area contributed by atoms with Crippen LogP contribution in [0.2, 0.25) is 0 Å². The minimum Gasteiger partial charge on any atom is -0.456 e. The molecule has 0 saturated heterocycles. The van der Waals surface area contributed by atoms with Crippen molar-refractivity contribution in [1.82, 2.24) is 0 Å². The van der Waals surface area contributed by atoms with Gasteiger partial charge < -0.3 is 4.74 Å². The number of benzene rings is 10. The Bertz CT molecular complexity index is 3300. The van der Waals surface area contributed by atoms with E-state index in [1.54, 1.807) is 0 Å². The lowest BCUT2D eigenvalue weighted by molar-refractivity contribution is 0.487. The summed E-state index contributed by atoms with van der Waals surface area (Å²) in [6, 6.07) is 72.3. The summed E-state index contributed by atoms with van der Waals surface area (Å²) < 4.78 is 6.58. The zero-order valence-corrected chi connectivity index (χ0v) is 30.4. The van der Waals surface area contributed by atoms with Crippen molar-refractivity contribution < 1.29 is 4.74 Å². The van der Waals surface area contributed by atoms with Gasteiger partial charge in [0.1, 0.15) is 11.5 Å². The fourth-order valence-corrected chi connectivity index (χ4v) is 10.5. The Morgan fingerprint density at radius 2 is 0.946 bits per heavy atom. The number of hydrogen-bond acceptors (Lipinski definition) is 1. The predicted octanol–water partition coefficient (Wildman–Crippen LogP) is 14.6. The van der Waals surface area contributed by atoms with Gasteiger partial charge in [0.2, 0.25) is 0 Å². The summed E-state index contributed by atoms with van der Waals surface area (Å²) in [4.78, 5) is 0. The van der Waals surface area contributed by atoms with Gasteiger partial charge in [0, 0.05) is 10.9 Å². The largest absolute Gasteiger partial charge is 0.456 e. The molecule has 0 aromatic heterocycles. The van der Waals surface area contributed by atoms with Crippen LogP contribution >= 0.6 is 0 Å². The Balaban J connectivity index is 1.20. The van der Waals surface area contributed by atoms with Crippen molar-refractivity contribution in [1.29, 1.82) is 0 Å². The molecule has 0 fully saturated rings. The van der Waals surface area contributed by atoms with Crippen LogP contribution in [-0.2, 0) is 5.41 Å². The van der Waals surface area contributed by atoms with Gasteiger partial charge in [0.25, 0.3) is 0 Å². The van der Waals surface area contributed by atoms with E-state index in [0.717, 1.165) is 22.4 Å². The first-order chi connectivity index (χ1) is 27.8. The third kappa shape index (κ3) is 3.84. The van der Waals surface area contributed by atoms with E-state index in [9.17, 15) is 0 Å². The summed E-state index contributed by atoms with van der Waals surface area (Å²) >= 11 is 0. The Morgan fingerprint density at radius 3 is 1.73 bits per heavy atom. The summed E-state index contributed by atoms with van der Waals surface area (Å²) in [6.07, 6.45) is 0. The zero-order chi connectivity index (χ0) is 36.5. The lowest BCUT2D eigenvalue weighted by Gasteiger charge is -2.31. The van der Waals surface area contributed by atoms with Crippen molar-refractivity contribution in [3.63, 3.8) is 0 Å². The maximum atomic E-state index is 6.58. The highest BCUT2D eigenvalue weighted by molar-refractivity contribution is 6.12. The van der Waals surface area contributed by atoms with Gasteiger partial charge in [-0.15, -0.1) is 0 Å². The Labute approximate surface area is 324 Å². The molecular weight excluding hydrogens is 677 g/mol. The summed E-state index contributed by atoms with van der Waals surface area (Å²) in [6.45, 7) is 0. The monoisotopic (exact) mass is 708 g/mol. The molecule has 1 heteroatoms. The van der Waals surface area contributed by atoms with Gasteiger partial charge in [0.15, 0.2) is 0 Å². The molecule has 1 heterocycles. The van der Waals surface area contributed by atoms with E-state index in [1.807, 2.05) is 6.07 Å². The van der Waals surface area contributed by atoms with Gasteiger partial charge in [-0.2, -0.15) is 0 Å². The molecule has 0 bridgehead atoms. The molecule has 0 unspecified atom stereocenters. The van der Waals surface area contributed by atoms with Crippen molar-refractivity contribution in [3.8, 4) is 67.1 Å². The van der Waals surface area contributed by atoms with Gasteiger partial charge >= 0.3 is 0 Å². The third-order valence-electron chi connectivity index (χ3n) is 12.8. The van der Waals surface area contributed by atoms with E-state index < -0.39 is 5.41 Å². The number of fused-ring (bicyclic) bond motifs is 14. The van der Waals surface area contributed by atoms with Crippen LogP contribution in [0.15, 0.2) is 194 Å². The highest BCUT2D eigenvalue weighted by atomic mass is 16.5. The summed E-state index contributed by atoms with van der Waals surface area (Å²) in [5.41, 5.74) is 17.3. The van der Waals surface area contributed by atoms with E-state index in [1.165, 1.54) is 99.3 Å². The maximum absolute atomic E-state index is 6.58. The number of ether oxygens (including phenoxy) is 1. The normalized spacial score (nSPS) is 13.6. The third-order valence-corrected chi connectivity index (χ3v) is 12.8. The van der Waals surface area contributed by atoms with Crippen LogP contribution in [-0.4, -0.2) is 0 Å². The van der Waals surface area contributed by atoms with Crippen molar-refractivity contribution in [2.24, 2.45) is 0 Å². The first-order valence-corrected chi connectivity index (χ1v) is 19.5. The molecule has 3 aliphatic rings. The summed E-state index contributed by atoms with van der Waals surface area (Å²) in [7, 11) is 0. The molecule has 0 N–H and O–H groups in total. The summed E-state index contributed by atoms with van der Waals surface area (Å²) in [5.74, 6) is 1.81. The van der Waals surface area contributed by atoms with E-state index in [0.29, 0.717) is 0 Å². The first-order valence-electron chi connectivity index (χ1n) is 19.5. The number of rotatable bonds is 2.